The van der Waals surface area contributed by atoms with Gasteiger partial charge in [-0.05, 0) is 48.4 Å². The van der Waals surface area contributed by atoms with Crippen molar-refractivity contribution in [3.63, 3.8) is 0 Å². The number of hydrogen-bond donors (Lipinski definition) is 1. The summed E-state index contributed by atoms with van der Waals surface area (Å²) in [5.74, 6) is 1.29. The van der Waals surface area contributed by atoms with Crippen LogP contribution in [0.3, 0.4) is 0 Å². The SMILES string of the molecule is Nc1c2c(-c3ccccc3F)nc(N3CCC(Cc4ccccc4)CC3)nc2nn1Cc1ccccc1. The van der Waals surface area contributed by atoms with Crippen LogP contribution >= 0.6 is 0 Å². The van der Waals surface area contributed by atoms with E-state index in [9.17, 15) is 4.39 Å². The third-order valence-electron chi connectivity index (χ3n) is 7.20. The summed E-state index contributed by atoms with van der Waals surface area (Å²) in [6.07, 6.45) is 3.18. The fourth-order valence-electron chi connectivity index (χ4n) is 5.19. The Morgan fingerprint density at radius 2 is 1.46 bits per heavy atom. The molecular formula is C30H29FN6. The van der Waals surface area contributed by atoms with Crippen molar-refractivity contribution in [2.45, 2.75) is 25.8 Å². The summed E-state index contributed by atoms with van der Waals surface area (Å²) in [5.41, 5.74) is 10.4. The van der Waals surface area contributed by atoms with Crippen molar-refractivity contribution in [2.75, 3.05) is 23.7 Å². The molecule has 186 valence electrons. The molecule has 2 N–H and O–H groups in total. The number of aromatic nitrogens is 4. The predicted molar refractivity (Wildman–Crippen MR) is 146 cm³/mol. The summed E-state index contributed by atoms with van der Waals surface area (Å²) >= 11 is 0. The van der Waals surface area contributed by atoms with Gasteiger partial charge in [0.2, 0.25) is 5.95 Å². The van der Waals surface area contributed by atoms with Crippen LogP contribution in [-0.2, 0) is 13.0 Å². The van der Waals surface area contributed by atoms with Crippen LogP contribution in [0.2, 0.25) is 0 Å². The van der Waals surface area contributed by atoms with Gasteiger partial charge in [-0.25, -0.2) is 14.1 Å². The molecular weight excluding hydrogens is 463 g/mol. The van der Waals surface area contributed by atoms with E-state index in [-0.39, 0.29) is 5.82 Å². The van der Waals surface area contributed by atoms with Crippen molar-refractivity contribution >= 4 is 22.8 Å². The van der Waals surface area contributed by atoms with Crippen LogP contribution in [0.1, 0.15) is 24.0 Å². The lowest BCUT2D eigenvalue weighted by Gasteiger charge is -2.32. The van der Waals surface area contributed by atoms with Crippen LogP contribution < -0.4 is 10.6 Å². The molecule has 0 radical (unpaired) electrons. The van der Waals surface area contributed by atoms with Gasteiger partial charge in [0, 0.05) is 18.7 Å². The topological polar surface area (TPSA) is 72.9 Å². The fraction of sp³-hybridized carbons (Fsp3) is 0.233. The molecule has 1 aliphatic heterocycles. The standard InChI is InChI=1S/C30H29FN6/c31-25-14-8-7-13-24(25)27-26-28(32)37(20-23-11-5-2-6-12-23)35-29(26)34-30(33-27)36-17-15-22(16-18-36)19-21-9-3-1-4-10-21/h1-14,22H,15-20,32H2. The second-order valence-electron chi connectivity index (χ2n) is 9.70. The first-order valence-corrected chi connectivity index (χ1v) is 12.8. The van der Waals surface area contributed by atoms with Gasteiger partial charge in [0.05, 0.1) is 17.6 Å². The Balaban J connectivity index is 1.34. The molecule has 0 amide bonds. The summed E-state index contributed by atoms with van der Waals surface area (Å²) in [4.78, 5) is 11.9. The lowest BCUT2D eigenvalue weighted by Crippen LogP contribution is -2.35. The highest BCUT2D eigenvalue weighted by Gasteiger charge is 2.25. The van der Waals surface area contributed by atoms with Gasteiger partial charge in [-0.15, -0.1) is 5.10 Å². The molecule has 6 rings (SSSR count). The van der Waals surface area contributed by atoms with Gasteiger partial charge in [0.15, 0.2) is 5.65 Å². The maximum absolute atomic E-state index is 15.0. The number of benzene rings is 3. The summed E-state index contributed by atoms with van der Waals surface area (Å²) < 4.78 is 16.7. The van der Waals surface area contributed by atoms with Crippen molar-refractivity contribution in [3.05, 3.63) is 102 Å². The molecule has 0 atom stereocenters. The Bertz CT molecular complexity index is 1510. The zero-order valence-electron chi connectivity index (χ0n) is 20.6. The number of anilines is 2. The molecule has 2 aromatic heterocycles. The first-order valence-electron chi connectivity index (χ1n) is 12.8. The first kappa shape index (κ1) is 23.2. The number of piperidine rings is 1. The van der Waals surface area contributed by atoms with E-state index in [1.807, 2.05) is 36.4 Å². The molecule has 6 nitrogen and oxygen atoms in total. The number of nitrogens with two attached hydrogens (primary N) is 1. The highest BCUT2D eigenvalue weighted by molar-refractivity contribution is 5.99. The van der Waals surface area contributed by atoms with E-state index in [1.54, 1.807) is 16.8 Å². The lowest BCUT2D eigenvalue weighted by molar-refractivity contribution is 0.401. The molecule has 7 heteroatoms. The number of halogens is 1. The lowest BCUT2D eigenvalue weighted by atomic mass is 9.90. The molecule has 1 saturated heterocycles. The number of fused-ring (bicyclic) bond motifs is 1. The number of rotatable bonds is 6. The van der Waals surface area contributed by atoms with Crippen LogP contribution in [0, 0.1) is 11.7 Å². The second kappa shape index (κ2) is 10.0. The van der Waals surface area contributed by atoms with Crippen molar-refractivity contribution < 1.29 is 4.39 Å². The van der Waals surface area contributed by atoms with Gasteiger partial charge in [-0.2, -0.15) is 4.98 Å². The zero-order chi connectivity index (χ0) is 25.2. The highest BCUT2D eigenvalue weighted by Crippen LogP contribution is 2.34. The third kappa shape index (κ3) is 4.77. The van der Waals surface area contributed by atoms with Gasteiger partial charge < -0.3 is 10.6 Å². The average Bonchev–Trinajstić information content (AvgIpc) is 3.25. The maximum atomic E-state index is 15.0. The van der Waals surface area contributed by atoms with Crippen molar-refractivity contribution in [1.82, 2.24) is 19.7 Å². The summed E-state index contributed by atoms with van der Waals surface area (Å²) in [7, 11) is 0. The Labute approximate surface area is 215 Å². The molecule has 37 heavy (non-hydrogen) atoms. The molecule has 0 unspecified atom stereocenters. The van der Waals surface area contributed by atoms with E-state index >= 15 is 0 Å². The first-order chi connectivity index (χ1) is 18.2. The minimum atomic E-state index is -0.342. The minimum Gasteiger partial charge on any atom is -0.383 e. The van der Waals surface area contributed by atoms with Gasteiger partial charge in [-0.1, -0.05) is 72.8 Å². The molecule has 5 aromatic rings. The molecule has 0 saturated carbocycles. The Hall–Kier alpha value is -4.26. The summed E-state index contributed by atoms with van der Waals surface area (Å²) in [5, 5.41) is 5.33. The largest absolute Gasteiger partial charge is 0.383 e. The highest BCUT2D eigenvalue weighted by atomic mass is 19.1. The van der Waals surface area contributed by atoms with Crippen molar-refractivity contribution in [2.24, 2.45) is 5.92 Å². The molecule has 3 heterocycles. The Morgan fingerprint density at radius 3 is 2.16 bits per heavy atom. The van der Waals surface area contributed by atoms with E-state index in [1.165, 1.54) is 11.6 Å². The van der Waals surface area contributed by atoms with E-state index in [0.29, 0.717) is 46.5 Å². The van der Waals surface area contributed by atoms with E-state index < -0.39 is 0 Å². The number of nitrogen functional groups attached to an aromatic ring is 1. The molecule has 0 spiro atoms. The number of hydrogen-bond acceptors (Lipinski definition) is 5. The Kier molecular flexibility index (Phi) is 6.26. The molecule has 0 aliphatic carbocycles. The van der Waals surface area contributed by atoms with Crippen LogP contribution in [-0.4, -0.2) is 32.8 Å². The molecule has 1 aliphatic rings. The second-order valence-corrected chi connectivity index (χ2v) is 9.70. The molecule has 0 bridgehead atoms. The maximum Gasteiger partial charge on any atom is 0.228 e. The van der Waals surface area contributed by atoms with E-state index in [2.05, 4.69) is 35.2 Å². The van der Waals surface area contributed by atoms with Crippen LogP contribution in [0.15, 0.2) is 84.9 Å². The average molecular weight is 493 g/mol. The van der Waals surface area contributed by atoms with Crippen LogP contribution in [0.25, 0.3) is 22.3 Å². The summed E-state index contributed by atoms with van der Waals surface area (Å²) in [6, 6.07) is 27.3. The monoisotopic (exact) mass is 492 g/mol. The number of nitrogens with zero attached hydrogens (tertiary/aromatic N) is 5. The van der Waals surface area contributed by atoms with E-state index in [4.69, 9.17) is 20.8 Å². The van der Waals surface area contributed by atoms with Gasteiger partial charge in [0.1, 0.15) is 11.6 Å². The minimum absolute atomic E-state index is 0.342. The fourth-order valence-corrected chi connectivity index (χ4v) is 5.19. The quantitative estimate of drug-likeness (QED) is 0.328. The predicted octanol–water partition coefficient (Wildman–Crippen LogP) is 5.72. The Morgan fingerprint density at radius 1 is 0.811 bits per heavy atom. The van der Waals surface area contributed by atoms with Gasteiger partial charge >= 0.3 is 0 Å². The van der Waals surface area contributed by atoms with Gasteiger partial charge in [0.25, 0.3) is 0 Å². The van der Waals surface area contributed by atoms with E-state index in [0.717, 1.165) is 37.9 Å². The summed E-state index contributed by atoms with van der Waals surface area (Å²) in [6.45, 7) is 2.19. The van der Waals surface area contributed by atoms with Crippen LogP contribution in [0.4, 0.5) is 16.2 Å². The smallest absolute Gasteiger partial charge is 0.228 e. The van der Waals surface area contributed by atoms with Crippen molar-refractivity contribution in [3.8, 4) is 11.3 Å². The molecule has 3 aromatic carbocycles. The zero-order valence-corrected chi connectivity index (χ0v) is 20.6. The third-order valence-corrected chi connectivity index (χ3v) is 7.20. The normalized spacial score (nSPS) is 14.4. The van der Waals surface area contributed by atoms with Crippen LogP contribution in [0.5, 0.6) is 0 Å². The van der Waals surface area contributed by atoms with Crippen molar-refractivity contribution in [1.29, 1.82) is 0 Å². The van der Waals surface area contributed by atoms with Gasteiger partial charge in [-0.3, -0.25) is 0 Å². The molecule has 1 fully saturated rings.